The van der Waals surface area contributed by atoms with Gasteiger partial charge in [0.15, 0.2) is 0 Å². The molecule has 1 atom stereocenters. The Morgan fingerprint density at radius 3 is 2.18 bits per heavy atom. The maximum Gasteiger partial charge on any atom is 0.0383 e. The third-order valence-electron chi connectivity index (χ3n) is 3.09. The molecule has 1 N–H and O–H groups in total. The van der Waals surface area contributed by atoms with E-state index >= 15 is 0 Å². The highest BCUT2D eigenvalue weighted by molar-refractivity contribution is 5.47. The fourth-order valence-corrected chi connectivity index (χ4v) is 1.75. The van der Waals surface area contributed by atoms with Crippen molar-refractivity contribution < 1.29 is 0 Å². The molecule has 1 unspecified atom stereocenters. The Labute approximate surface area is 106 Å². The van der Waals surface area contributed by atoms with Crippen LogP contribution in [0.25, 0.3) is 0 Å². The summed E-state index contributed by atoms with van der Waals surface area (Å²) in [6.07, 6.45) is 0. The summed E-state index contributed by atoms with van der Waals surface area (Å²) in [4.78, 5) is 2.33. The minimum atomic E-state index is 0.511. The largest absolute Gasteiger partial charge is 0.371 e. The van der Waals surface area contributed by atoms with Crippen LogP contribution in [0.3, 0.4) is 0 Å². The van der Waals surface area contributed by atoms with Crippen LogP contribution in [0.2, 0.25) is 0 Å². The van der Waals surface area contributed by atoms with Crippen molar-refractivity contribution in [2.75, 3.05) is 25.0 Å². The molecule has 1 aromatic carbocycles. The van der Waals surface area contributed by atoms with Crippen molar-refractivity contribution in [3.05, 3.63) is 29.8 Å². The molecule has 0 aliphatic rings. The van der Waals surface area contributed by atoms with Crippen LogP contribution < -0.4 is 10.2 Å². The lowest BCUT2D eigenvalue weighted by atomic mass is 10.2. The van der Waals surface area contributed by atoms with E-state index in [1.165, 1.54) is 11.3 Å². The normalized spacial score (nSPS) is 12.8. The van der Waals surface area contributed by atoms with Crippen molar-refractivity contribution in [3.63, 3.8) is 0 Å². The van der Waals surface area contributed by atoms with Gasteiger partial charge in [0, 0.05) is 25.3 Å². The van der Waals surface area contributed by atoms with Gasteiger partial charge in [-0.05, 0) is 38.4 Å². The minimum Gasteiger partial charge on any atom is -0.371 e. The summed E-state index contributed by atoms with van der Waals surface area (Å²) in [7, 11) is 2.16. The Kier molecular flexibility index (Phi) is 5.49. The number of benzene rings is 1. The Bertz CT molecular complexity index is 316. The first-order chi connectivity index (χ1) is 8.00. The number of hydrogen-bond donors (Lipinski definition) is 1. The lowest BCUT2D eigenvalue weighted by Gasteiger charge is -2.27. The molecule has 0 spiro atoms. The van der Waals surface area contributed by atoms with Crippen LogP contribution in [-0.2, 0) is 0 Å². The highest BCUT2D eigenvalue weighted by atomic mass is 15.1. The van der Waals surface area contributed by atoms with Crippen LogP contribution in [0.4, 0.5) is 5.69 Å². The van der Waals surface area contributed by atoms with Crippen LogP contribution in [0.15, 0.2) is 24.3 Å². The van der Waals surface area contributed by atoms with Crippen molar-refractivity contribution in [3.8, 4) is 0 Å². The maximum atomic E-state index is 3.50. The molecule has 1 rings (SSSR count). The fourth-order valence-electron chi connectivity index (χ4n) is 1.75. The van der Waals surface area contributed by atoms with Crippen LogP contribution in [0, 0.1) is 12.8 Å². The van der Waals surface area contributed by atoms with Crippen molar-refractivity contribution in [2.45, 2.75) is 33.7 Å². The zero-order valence-corrected chi connectivity index (χ0v) is 11.8. The number of nitrogens with zero attached hydrogens (tertiary/aromatic N) is 1. The van der Waals surface area contributed by atoms with Gasteiger partial charge in [-0.3, -0.25) is 0 Å². The number of hydrogen-bond acceptors (Lipinski definition) is 2. The Hall–Kier alpha value is -1.02. The van der Waals surface area contributed by atoms with Gasteiger partial charge >= 0.3 is 0 Å². The van der Waals surface area contributed by atoms with Gasteiger partial charge in [-0.2, -0.15) is 0 Å². The Morgan fingerprint density at radius 1 is 1.06 bits per heavy atom. The molecule has 0 aliphatic heterocycles. The summed E-state index contributed by atoms with van der Waals surface area (Å²) in [5, 5.41) is 3.50. The second kappa shape index (κ2) is 6.65. The topological polar surface area (TPSA) is 15.3 Å². The van der Waals surface area contributed by atoms with Gasteiger partial charge < -0.3 is 10.2 Å². The third-order valence-corrected chi connectivity index (χ3v) is 3.09. The number of rotatable bonds is 6. The highest BCUT2D eigenvalue weighted by Crippen LogP contribution is 2.15. The van der Waals surface area contributed by atoms with Crippen LogP contribution in [-0.4, -0.2) is 26.2 Å². The molecule has 17 heavy (non-hydrogen) atoms. The predicted octanol–water partition coefficient (Wildman–Crippen LogP) is 3.07. The molecule has 0 heterocycles. The first-order valence-corrected chi connectivity index (χ1v) is 6.51. The van der Waals surface area contributed by atoms with Gasteiger partial charge in [-0.25, -0.2) is 0 Å². The highest BCUT2D eigenvalue weighted by Gasteiger charge is 2.09. The maximum absolute atomic E-state index is 3.50. The number of nitrogens with one attached hydrogen (secondary N) is 1. The average Bonchev–Trinajstić information content (AvgIpc) is 2.28. The molecule has 1 aromatic rings. The van der Waals surface area contributed by atoms with Gasteiger partial charge in [0.2, 0.25) is 0 Å². The molecule has 0 amide bonds. The molecular weight excluding hydrogens is 208 g/mol. The average molecular weight is 234 g/mol. The second-order valence-corrected chi connectivity index (χ2v) is 5.35. The smallest absolute Gasteiger partial charge is 0.0383 e. The van der Waals surface area contributed by atoms with Crippen molar-refractivity contribution in [1.29, 1.82) is 0 Å². The SMILES string of the molecule is Cc1ccc(N(C)C(C)CNCC(C)C)cc1. The van der Waals surface area contributed by atoms with Gasteiger partial charge in [0.25, 0.3) is 0 Å². The van der Waals surface area contributed by atoms with Gasteiger partial charge in [-0.15, -0.1) is 0 Å². The van der Waals surface area contributed by atoms with E-state index in [-0.39, 0.29) is 0 Å². The summed E-state index contributed by atoms with van der Waals surface area (Å²) < 4.78 is 0. The minimum absolute atomic E-state index is 0.511. The van der Waals surface area contributed by atoms with Crippen molar-refractivity contribution in [1.82, 2.24) is 5.32 Å². The van der Waals surface area contributed by atoms with E-state index in [1.54, 1.807) is 0 Å². The summed E-state index contributed by atoms with van der Waals surface area (Å²) in [6.45, 7) is 11.0. The molecule has 96 valence electrons. The summed E-state index contributed by atoms with van der Waals surface area (Å²) in [6, 6.07) is 9.22. The van der Waals surface area contributed by atoms with Crippen LogP contribution in [0.5, 0.6) is 0 Å². The third kappa shape index (κ3) is 4.78. The lowest BCUT2D eigenvalue weighted by molar-refractivity contribution is 0.518. The molecule has 0 aliphatic carbocycles. The van der Waals surface area contributed by atoms with E-state index in [0.29, 0.717) is 12.0 Å². The molecule has 0 aromatic heterocycles. The first kappa shape index (κ1) is 14.0. The van der Waals surface area contributed by atoms with Crippen LogP contribution in [0.1, 0.15) is 26.3 Å². The molecule has 0 saturated heterocycles. The van der Waals surface area contributed by atoms with E-state index in [9.17, 15) is 0 Å². The number of anilines is 1. The van der Waals surface area contributed by atoms with E-state index in [0.717, 1.165) is 13.1 Å². The zero-order chi connectivity index (χ0) is 12.8. The van der Waals surface area contributed by atoms with E-state index in [2.05, 4.69) is 69.2 Å². The van der Waals surface area contributed by atoms with E-state index < -0.39 is 0 Å². The van der Waals surface area contributed by atoms with Crippen LogP contribution >= 0.6 is 0 Å². The monoisotopic (exact) mass is 234 g/mol. The van der Waals surface area contributed by atoms with Crippen molar-refractivity contribution in [2.24, 2.45) is 5.92 Å². The van der Waals surface area contributed by atoms with Crippen molar-refractivity contribution >= 4 is 5.69 Å². The molecule has 2 nitrogen and oxygen atoms in total. The van der Waals surface area contributed by atoms with E-state index in [1.807, 2.05) is 0 Å². The number of likely N-dealkylation sites (N-methyl/N-ethyl adjacent to an activating group) is 1. The zero-order valence-electron chi connectivity index (χ0n) is 11.8. The molecular formula is C15H26N2. The van der Waals surface area contributed by atoms with E-state index in [4.69, 9.17) is 0 Å². The summed E-state index contributed by atoms with van der Waals surface area (Å²) in [5.74, 6) is 0.715. The molecule has 0 fully saturated rings. The molecule has 0 saturated carbocycles. The fraction of sp³-hybridized carbons (Fsp3) is 0.600. The predicted molar refractivity (Wildman–Crippen MR) is 76.8 cm³/mol. The summed E-state index contributed by atoms with van der Waals surface area (Å²) in [5.41, 5.74) is 2.60. The van der Waals surface area contributed by atoms with Gasteiger partial charge in [0.05, 0.1) is 0 Å². The Balaban J connectivity index is 2.45. The van der Waals surface area contributed by atoms with Gasteiger partial charge in [-0.1, -0.05) is 31.5 Å². The summed E-state index contributed by atoms with van der Waals surface area (Å²) >= 11 is 0. The number of aryl methyl sites for hydroxylation is 1. The standard InChI is InChI=1S/C15H26N2/c1-12(2)10-16-11-14(4)17(5)15-8-6-13(3)7-9-15/h6-9,12,14,16H,10-11H2,1-5H3. The molecule has 0 bridgehead atoms. The molecule has 2 heteroatoms. The van der Waals surface area contributed by atoms with Gasteiger partial charge in [0.1, 0.15) is 0 Å². The first-order valence-electron chi connectivity index (χ1n) is 6.51. The quantitative estimate of drug-likeness (QED) is 0.814. The lowest BCUT2D eigenvalue weighted by Crippen LogP contribution is -2.39. The Morgan fingerprint density at radius 2 is 1.65 bits per heavy atom. The molecule has 0 radical (unpaired) electrons. The second-order valence-electron chi connectivity index (χ2n) is 5.35.